The normalized spacial score (nSPS) is 17.2. The fraction of sp³-hybridized carbons (Fsp3) is 0.273. The van der Waals surface area contributed by atoms with Crippen molar-refractivity contribution in [2.75, 3.05) is 25.5 Å². The molecule has 0 aliphatic carbocycles. The van der Waals surface area contributed by atoms with Gasteiger partial charge in [-0.25, -0.2) is 17.6 Å². The van der Waals surface area contributed by atoms with Gasteiger partial charge in [0.1, 0.15) is 10.7 Å². The largest absolute Gasteiger partial charge is 0.465 e. The van der Waals surface area contributed by atoms with Gasteiger partial charge in [-0.3, -0.25) is 4.79 Å². The van der Waals surface area contributed by atoms with E-state index in [4.69, 9.17) is 4.74 Å². The maximum atomic E-state index is 13.2. The predicted molar refractivity (Wildman–Crippen MR) is 120 cm³/mol. The number of anilines is 1. The fourth-order valence-corrected chi connectivity index (χ4v) is 6.18. The Hall–Kier alpha value is -2.82. The van der Waals surface area contributed by atoms with E-state index in [1.807, 2.05) is 6.07 Å². The van der Waals surface area contributed by atoms with Crippen LogP contribution in [0.5, 0.6) is 0 Å². The van der Waals surface area contributed by atoms with Crippen LogP contribution in [-0.2, 0) is 19.6 Å². The Kier molecular flexibility index (Phi) is 6.27. The van der Waals surface area contributed by atoms with Crippen LogP contribution in [0.25, 0.3) is 10.1 Å². The molecule has 1 atom stereocenters. The first kappa shape index (κ1) is 22.4. The van der Waals surface area contributed by atoms with Crippen molar-refractivity contribution in [3.8, 4) is 0 Å². The number of methoxy groups -OCH3 is 1. The van der Waals surface area contributed by atoms with Crippen molar-refractivity contribution < 1.29 is 27.1 Å². The molecule has 4 rings (SSSR count). The number of carbonyl (C=O) groups is 2. The minimum absolute atomic E-state index is 0.00396. The van der Waals surface area contributed by atoms with Crippen LogP contribution in [0.3, 0.4) is 0 Å². The number of benzene rings is 2. The summed E-state index contributed by atoms with van der Waals surface area (Å²) in [6.45, 7) is 0.361. The van der Waals surface area contributed by atoms with E-state index in [9.17, 15) is 22.4 Å². The number of rotatable bonds is 5. The van der Waals surface area contributed by atoms with Crippen LogP contribution in [-0.4, -0.2) is 44.8 Å². The monoisotopic (exact) mass is 476 g/mol. The van der Waals surface area contributed by atoms with Gasteiger partial charge in [-0.15, -0.1) is 11.3 Å². The van der Waals surface area contributed by atoms with Crippen LogP contribution >= 0.6 is 11.3 Å². The lowest BCUT2D eigenvalue weighted by atomic mass is 9.98. The number of nitrogens with one attached hydrogen (secondary N) is 1. The van der Waals surface area contributed by atoms with Gasteiger partial charge in [0.15, 0.2) is 0 Å². The number of ether oxygens (including phenoxy) is 1. The first-order chi connectivity index (χ1) is 15.3. The van der Waals surface area contributed by atoms with E-state index in [1.165, 1.54) is 34.9 Å². The Bertz CT molecular complexity index is 1270. The number of esters is 1. The Morgan fingerprint density at radius 2 is 1.91 bits per heavy atom. The summed E-state index contributed by atoms with van der Waals surface area (Å²) >= 11 is 1.30. The molecule has 1 aliphatic rings. The van der Waals surface area contributed by atoms with Crippen molar-refractivity contribution in [3.63, 3.8) is 0 Å². The number of thiophene rings is 1. The number of piperidine rings is 1. The summed E-state index contributed by atoms with van der Waals surface area (Å²) < 4.78 is 45.9. The van der Waals surface area contributed by atoms with Gasteiger partial charge in [0, 0.05) is 23.5 Å². The number of hydrogen-bond donors (Lipinski definition) is 1. The Balaban J connectivity index is 1.47. The highest BCUT2D eigenvalue weighted by Crippen LogP contribution is 2.30. The third-order valence-corrected chi connectivity index (χ3v) is 8.35. The fourth-order valence-electron chi connectivity index (χ4n) is 3.70. The molecule has 2 heterocycles. The van der Waals surface area contributed by atoms with Gasteiger partial charge in [0.2, 0.25) is 15.9 Å². The van der Waals surface area contributed by atoms with Crippen molar-refractivity contribution in [3.05, 3.63) is 59.2 Å². The van der Waals surface area contributed by atoms with Crippen molar-refractivity contribution in [2.45, 2.75) is 17.7 Å². The molecule has 10 heteroatoms. The number of halogens is 1. The molecule has 32 heavy (non-hydrogen) atoms. The number of nitrogens with zero attached hydrogens (tertiary/aromatic N) is 1. The molecule has 0 saturated carbocycles. The highest BCUT2D eigenvalue weighted by atomic mass is 32.2. The molecule has 1 amide bonds. The molecule has 1 N–H and O–H groups in total. The molecule has 0 radical (unpaired) electrons. The van der Waals surface area contributed by atoms with Crippen molar-refractivity contribution in [1.29, 1.82) is 0 Å². The molecule has 1 aliphatic heterocycles. The molecule has 7 nitrogen and oxygen atoms in total. The van der Waals surface area contributed by atoms with E-state index in [2.05, 4.69) is 5.32 Å². The minimum Gasteiger partial charge on any atom is -0.465 e. The van der Waals surface area contributed by atoms with Gasteiger partial charge in [-0.05, 0) is 66.8 Å². The zero-order valence-electron chi connectivity index (χ0n) is 17.2. The van der Waals surface area contributed by atoms with E-state index >= 15 is 0 Å². The summed E-state index contributed by atoms with van der Waals surface area (Å²) in [5, 5.41) is 3.66. The van der Waals surface area contributed by atoms with Crippen LogP contribution in [0.15, 0.2) is 53.4 Å². The van der Waals surface area contributed by atoms with Crippen LogP contribution < -0.4 is 5.32 Å². The maximum Gasteiger partial charge on any atom is 0.348 e. The zero-order chi connectivity index (χ0) is 22.9. The summed E-state index contributed by atoms with van der Waals surface area (Å²) in [6, 6.07) is 11.7. The lowest BCUT2D eigenvalue weighted by Crippen LogP contribution is -2.43. The molecular formula is C22H21FN2O5S2. The van der Waals surface area contributed by atoms with Gasteiger partial charge < -0.3 is 10.1 Å². The topological polar surface area (TPSA) is 92.8 Å². The van der Waals surface area contributed by atoms with Crippen LogP contribution in [0, 0.1) is 11.7 Å². The number of sulfonamides is 1. The van der Waals surface area contributed by atoms with Crippen molar-refractivity contribution >= 4 is 49.0 Å². The minimum atomic E-state index is -3.81. The van der Waals surface area contributed by atoms with E-state index < -0.39 is 27.7 Å². The van der Waals surface area contributed by atoms with Crippen LogP contribution in [0.1, 0.15) is 22.5 Å². The molecule has 2 aromatic carbocycles. The number of hydrogen-bond acceptors (Lipinski definition) is 6. The van der Waals surface area contributed by atoms with E-state index in [0.717, 1.165) is 22.2 Å². The van der Waals surface area contributed by atoms with Crippen molar-refractivity contribution in [1.82, 2.24) is 4.31 Å². The number of carbonyl (C=O) groups excluding carboxylic acids is 2. The highest BCUT2D eigenvalue weighted by molar-refractivity contribution is 7.89. The smallest absolute Gasteiger partial charge is 0.348 e. The van der Waals surface area contributed by atoms with E-state index in [1.54, 1.807) is 18.2 Å². The quantitative estimate of drug-likeness (QED) is 0.565. The standard InChI is InChI=1S/C22H21FN2O5S2/c1-30-22(27)20-12-15-11-17(6-9-19(15)31-20)24-21(26)14-3-2-10-25(13-14)32(28,29)18-7-4-16(23)5-8-18/h4-9,11-12,14H,2-3,10,13H2,1H3,(H,24,26)/t14-/m1/s1. The Labute approximate surface area is 188 Å². The van der Waals surface area contributed by atoms with Gasteiger partial charge in [-0.1, -0.05) is 0 Å². The first-order valence-electron chi connectivity index (χ1n) is 9.96. The maximum absolute atomic E-state index is 13.2. The lowest BCUT2D eigenvalue weighted by molar-refractivity contribution is -0.120. The summed E-state index contributed by atoms with van der Waals surface area (Å²) in [5.74, 6) is -1.71. The molecule has 3 aromatic rings. The molecular weight excluding hydrogens is 455 g/mol. The van der Waals surface area contributed by atoms with Crippen LogP contribution in [0.4, 0.5) is 10.1 Å². The highest BCUT2D eigenvalue weighted by Gasteiger charge is 2.33. The average molecular weight is 477 g/mol. The second-order valence-electron chi connectivity index (χ2n) is 7.50. The zero-order valence-corrected chi connectivity index (χ0v) is 18.8. The molecule has 1 fully saturated rings. The number of amides is 1. The van der Waals surface area contributed by atoms with Gasteiger partial charge in [0.25, 0.3) is 0 Å². The van der Waals surface area contributed by atoms with Crippen LogP contribution in [0.2, 0.25) is 0 Å². The summed E-state index contributed by atoms with van der Waals surface area (Å²) in [7, 11) is -2.49. The van der Waals surface area contributed by atoms with E-state index in [-0.39, 0.29) is 17.3 Å². The summed E-state index contributed by atoms with van der Waals surface area (Å²) in [6.07, 6.45) is 1.11. The van der Waals surface area contributed by atoms with Gasteiger partial charge in [-0.2, -0.15) is 4.31 Å². The predicted octanol–water partition coefficient (Wildman–Crippen LogP) is 3.87. The average Bonchev–Trinajstić information content (AvgIpc) is 3.22. The molecule has 1 aromatic heterocycles. The second-order valence-corrected chi connectivity index (χ2v) is 10.5. The first-order valence-corrected chi connectivity index (χ1v) is 12.2. The Morgan fingerprint density at radius 3 is 2.62 bits per heavy atom. The molecule has 168 valence electrons. The number of fused-ring (bicyclic) bond motifs is 1. The van der Waals surface area contributed by atoms with Gasteiger partial charge >= 0.3 is 5.97 Å². The Morgan fingerprint density at radius 1 is 1.16 bits per heavy atom. The lowest BCUT2D eigenvalue weighted by Gasteiger charge is -2.31. The molecule has 1 saturated heterocycles. The van der Waals surface area contributed by atoms with E-state index in [0.29, 0.717) is 30.0 Å². The summed E-state index contributed by atoms with van der Waals surface area (Å²) in [4.78, 5) is 25.1. The van der Waals surface area contributed by atoms with Crippen molar-refractivity contribution in [2.24, 2.45) is 5.92 Å². The summed E-state index contributed by atoms with van der Waals surface area (Å²) in [5.41, 5.74) is 0.565. The molecule has 0 spiro atoms. The molecule has 0 unspecified atom stereocenters. The SMILES string of the molecule is COC(=O)c1cc2cc(NC(=O)[C@@H]3CCCN(S(=O)(=O)c4ccc(F)cc4)C3)ccc2s1. The third-order valence-electron chi connectivity index (χ3n) is 5.38. The third kappa shape index (κ3) is 4.52. The van der Waals surface area contributed by atoms with Gasteiger partial charge in [0.05, 0.1) is 17.9 Å². The second kappa shape index (κ2) is 8.97. The molecule has 0 bridgehead atoms.